The Hall–Kier alpha value is -0.690. The summed E-state index contributed by atoms with van der Waals surface area (Å²) in [6.45, 7) is 0.899. The van der Waals surface area contributed by atoms with Gasteiger partial charge in [-0.05, 0) is 12.8 Å². The fourth-order valence-corrected chi connectivity index (χ4v) is 3.56. The van der Waals surface area contributed by atoms with Gasteiger partial charge in [-0.1, -0.05) is 19.3 Å². The van der Waals surface area contributed by atoms with Gasteiger partial charge < -0.3 is 24.2 Å². The van der Waals surface area contributed by atoms with Crippen LogP contribution in [0, 0.1) is 0 Å². The lowest BCUT2D eigenvalue weighted by Crippen LogP contribution is -2.58. The summed E-state index contributed by atoms with van der Waals surface area (Å²) in [7, 11) is 5.00. The van der Waals surface area contributed by atoms with Crippen molar-refractivity contribution in [2.75, 3.05) is 34.5 Å². The number of carbonyl (C=O) groups excluding carboxylic acids is 1. The van der Waals surface area contributed by atoms with E-state index in [1.165, 1.54) is 0 Å². The largest absolute Gasteiger partial charge is 0.389 e. The fourth-order valence-electron chi connectivity index (χ4n) is 3.56. The van der Waals surface area contributed by atoms with E-state index < -0.39 is 5.60 Å². The average Bonchev–Trinajstić information content (AvgIpc) is 2.53. The highest BCUT2D eigenvalue weighted by Gasteiger charge is 2.40. The molecule has 1 saturated carbocycles. The number of rotatable bonds is 5. The monoisotopic (exact) mass is 315 g/mol. The Labute approximate surface area is 132 Å². The standard InChI is InChI=1S/C16H29NO5/c1-17(12-10-22-11-13(20-2)15(12)21-3)14(18)9-16(19)7-5-4-6-8-16/h12-13,15,19H,4-11H2,1-3H3/t12-,13-,15+/m1/s1. The second-order valence-electron chi connectivity index (χ2n) is 6.55. The van der Waals surface area contributed by atoms with Crippen LogP contribution >= 0.6 is 0 Å². The number of ether oxygens (including phenoxy) is 3. The molecule has 1 heterocycles. The van der Waals surface area contributed by atoms with Crippen molar-refractivity contribution in [2.24, 2.45) is 0 Å². The molecule has 0 bridgehead atoms. The highest BCUT2D eigenvalue weighted by Crippen LogP contribution is 2.32. The van der Waals surface area contributed by atoms with E-state index in [1.807, 2.05) is 0 Å². The van der Waals surface area contributed by atoms with Crippen molar-refractivity contribution in [3.8, 4) is 0 Å². The molecule has 1 saturated heterocycles. The third-order valence-corrected chi connectivity index (χ3v) is 5.05. The number of nitrogens with zero attached hydrogens (tertiary/aromatic N) is 1. The van der Waals surface area contributed by atoms with Crippen LogP contribution in [0.4, 0.5) is 0 Å². The second kappa shape index (κ2) is 7.73. The van der Waals surface area contributed by atoms with Crippen molar-refractivity contribution in [2.45, 2.75) is 62.4 Å². The maximum absolute atomic E-state index is 12.6. The molecule has 0 aromatic rings. The Morgan fingerprint density at radius 1 is 1.23 bits per heavy atom. The van der Waals surface area contributed by atoms with Gasteiger partial charge in [0.05, 0.1) is 31.3 Å². The van der Waals surface area contributed by atoms with Gasteiger partial charge >= 0.3 is 0 Å². The number of carbonyl (C=O) groups is 1. The van der Waals surface area contributed by atoms with Crippen molar-refractivity contribution in [1.82, 2.24) is 4.90 Å². The van der Waals surface area contributed by atoms with Crippen LogP contribution in [0.25, 0.3) is 0 Å². The van der Waals surface area contributed by atoms with E-state index in [1.54, 1.807) is 26.2 Å². The summed E-state index contributed by atoms with van der Waals surface area (Å²) < 4.78 is 16.5. The van der Waals surface area contributed by atoms with Crippen LogP contribution in [-0.4, -0.2) is 74.2 Å². The third-order valence-electron chi connectivity index (χ3n) is 5.05. The van der Waals surface area contributed by atoms with E-state index in [0.29, 0.717) is 26.1 Å². The number of amides is 1. The third kappa shape index (κ3) is 3.98. The SMILES string of the molecule is CO[C@H]1[C@H](N(C)C(=O)CC2(O)CCCCC2)COC[C@H]1OC. The molecule has 0 unspecified atom stereocenters. The molecule has 0 aromatic carbocycles. The molecule has 0 spiro atoms. The molecule has 1 aliphatic heterocycles. The molecule has 1 amide bonds. The zero-order valence-corrected chi connectivity index (χ0v) is 13.9. The van der Waals surface area contributed by atoms with Gasteiger partial charge in [0, 0.05) is 21.3 Å². The predicted octanol–water partition coefficient (Wildman–Crippen LogP) is 0.959. The Kier molecular flexibility index (Phi) is 6.20. The summed E-state index contributed by atoms with van der Waals surface area (Å²) in [5.74, 6) is -0.0585. The van der Waals surface area contributed by atoms with Crippen LogP contribution in [0.3, 0.4) is 0 Å². The Bertz CT molecular complexity index is 370. The molecule has 22 heavy (non-hydrogen) atoms. The van der Waals surface area contributed by atoms with Crippen molar-refractivity contribution in [3.63, 3.8) is 0 Å². The summed E-state index contributed by atoms with van der Waals surface area (Å²) in [6, 6.07) is -0.191. The smallest absolute Gasteiger partial charge is 0.225 e. The van der Waals surface area contributed by atoms with Crippen LogP contribution in [0.1, 0.15) is 38.5 Å². The van der Waals surface area contributed by atoms with Gasteiger partial charge in [-0.3, -0.25) is 4.79 Å². The van der Waals surface area contributed by atoms with E-state index in [9.17, 15) is 9.90 Å². The average molecular weight is 315 g/mol. The Morgan fingerprint density at radius 2 is 1.91 bits per heavy atom. The first-order valence-electron chi connectivity index (χ1n) is 8.12. The maximum atomic E-state index is 12.6. The van der Waals surface area contributed by atoms with E-state index in [4.69, 9.17) is 14.2 Å². The van der Waals surface area contributed by atoms with Gasteiger partial charge in [0.1, 0.15) is 12.2 Å². The number of hydrogen-bond donors (Lipinski definition) is 1. The maximum Gasteiger partial charge on any atom is 0.225 e. The van der Waals surface area contributed by atoms with E-state index in [-0.39, 0.29) is 30.6 Å². The minimum atomic E-state index is -0.845. The molecule has 0 radical (unpaired) electrons. The second-order valence-corrected chi connectivity index (χ2v) is 6.55. The number of likely N-dealkylation sites (N-methyl/N-ethyl adjacent to an activating group) is 1. The van der Waals surface area contributed by atoms with Gasteiger partial charge in [0.2, 0.25) is 5.91 Å². The van der Waals surface area contributed by atoms with Crippen molar-refractivity contribution in [1.29, 1.82) is 0 Å². The fraction of sp³-hybridized carbons (Fsp3) is 0.938. The zero-order valence-electron chi connectivity index (χ0n) is 13.9. The lowest BCUT2D eigenvalue weighted by molar-refractivity contribution is -0.167. The topological polar surface area (TPSA) is 68.2 Å². The minimum absolute atomic E-state index is 0.0585. The molecule has 6 nitrogen and oxygen atoms in total. The summed E-state index contributed by atoms with van der Waals surface area (Å²) in [6.07, 6.45) is 4.33. The molecule has 1 aliphatic carbocycles. The van der Waals surface area contributed by atoms with Crippen LogP contribution in [0.2, 0.25) is 0 Å². The summed E-state index contributed by atoms with van der Waals surface area (Å²) in [5.41, 5.74) is -0.845. The highest BCUT2D eigenvalue weighted by atomic mass is 16.6. The lowest BCUT2D eigenvalue weighted by Gasteiger charge is -2.42. The molecule has 3 atom stereocenters. The van der Waals surface area contributed by atoms with Crippen molar-refractivity contribution >= 4 is 5.91 Å². The number of hydrogen-bond acceptors (Lipinski definition) is 5. The lowest BCUT2D eigenvalue weighted by atomic mass is 9.82. The molecule has 2 fully saturated rings. The summed E-state index contributed by atoms with van der Waals surface area (Å²) in [4.78, 5) is 14.2. The van der Waals surface area contributed by atoms with Crippen molar-refractivity contribution in [3.05, 3.63) is 0 Å². The molecule has 6 heteroatoms. The van der Waals surface area contributed by atoms with E-state index >= 15 is 0 Å². The van der Waals surface area contributed by atoms with Gasteiger partial charge in [-0.15, -0.1) is 0 Å². The van der Waals surface area contributed by atoms with Crippen LogP contribution < -0.4 is 0 Å². The summed E-state index contributed by atoms with van der Waals surface area (Å²) >= 11 is 0. The molecular weight excluding hydrogens is 286 g/mol. The van der Waals surface area contributed by atoms with Gasteiger partial charge in [0.25, 0.3) is 0 Å². The van der Waals surface area contributed by atoms with Gasteiger partial charge in [0.15, 0.2) is 0 Å². The van der Waals surface area contributed by atoms with Crippen LogP contribution in [0.5, 0.6) is 0 Å². The molecule has 0 aromatic heterocycles. The Morgan fingerprint density at radius 3 is 2.50 bits per heavy atom. The molecule has 1 N–H and O–H groups in total. The minimum Gasteiger partial charge on any atom is -0.389 e. The number of methoxy groups -OCH3 is 2. The first-order valence-corrected chi connectivity index (χ1v) is 8.12. The van der Waals surface area contributed by atoms with Gasteiger partial charge in [-0.2, -0.15) is 0 Å². The number of aliphatic hydroxyl groups is 1. The van der Waals surface area contributed by atoms with Crippen LogP contribution in [0.15, 0.2) is 0 Å². The molecular formula is C16H29NO5. The predicted molar refractivity (Wildman–Crippen MR) is 81.6 cm³/mol. The van der Waals surface area contributed by atoms with Crippen molar-refractivity contribution < 1.29 is 24.1 Å². The molecule has 2 aliphatic rings. The summed E-state index contributed by atoms with van der Waals surface area (Å²) in [5, 5.41) is 10.6. The zero-order chi connectivity index (χ0) is 16.2. The first-order chi connectivity index (χ1) is 10.5. The van der Waals surface area contributed by atoms with Crippen LogP contribution in [-0.2, 0) is 19.0 Å². The first kappa shape index (κ1) is 17.7. The highest BCUT2D eigenvalue weighted by molar-refractivity contribution is 5.77. The van der Waals surface area contributed by atoms with E-state index in [0.717, 1.165) is 19.3 Å². The molecule has 2 rings (SSSR count). The normalized spacial score (nSPS) is 31.7. The molecule has 128 valence electrons. The van der Waals surface area contributed by atoms with E-state index in [2.05, 4.69) is 0 Å². The Balaban J connectivity index is 1.99. The van der Waals surface area contributed by atoms with Gasteiger partial charge in [-0.25, -0.2) is 0 Å². The quantitative estimate of drug-likeness (QED) is 0.818.